The molecule has 0 fully saturated rings. The Morgan fingerprint density at radius 3 is 2.44 bits per heavy atom. The number of aryl methyl sites for hydroxylation is 1. The number of nitrogens with zero attached hydrogens (tertiary/aromatic N) is 3. The van der Waals surface area contributed by atoms with Crippen molar-refractivity contribution in [1.29, 1.82) is 0 Å². The number of carbonyl (C=O) groups excluding carboxylic acids is 1. The number of hydrogen-bond acceptors (Lipinski definition) is 10. The third kappa shape index (κ3) is 4.93. The Balaban J connectivity index is 1.31. The van der Waals surface area contributed by atoms with Crippen LogP contribution in [0.15, 0.2) is 89.7 Å². The minimum atomic E-state index is -0.860. The van der Waals surface area contributed by atoms with Gasteiger partial charge in [0.2, 0.25) is 0 Å². The predicted octanol–water partition coefficient (Wildman–Crippen LogP) is 4.32. The molecule has 0 saturated heterocycles. The predicted molar refractivity (Wildman–Crippen MR) is 144 cm³/mol. The Morgan fingerprint density at radius 1 is 0.976 bits per heavy atom. The lowest BCUT2D eigenvalue weighted by molar-refractivity contribution is 0.0444. The topological polar surface area (TPSA) is 156 Å². The molecule has 12 nitrogen and oxygen atoms in total. The molecule has 6 aromatic rings. The third-order valence-electron chi connectivity index (χ3n) is 6.53. The fraction of sp³-hybridized carbons (Fsp3) is 0.138. The van der Waals surface area contributed by atoms with Gasteiger partial charge in [-0.25, -0.2) is 14.4 Å². The summed E-state index contributed by atoms with van der Waals surface area (Å²) < 4.78 is 27.2. The summed E-state index contributed by atoms with van der Waals surface area (Å²) in [4.78, 5) is 43.0. The molecule has 0 spiro atoms. The Kier molecular flexibility index (Phi) is 6.55. The number of methoxy groups -OCH3 is 1. The van der Waals surface area contributed by atoms with Crippen LogP contribution >= 0.6 is 0 Å². The number of fused-ring (bicyclic) bond motifs is 1. The van der Waals surface area contributed by atoms with Crippen molar-refractivity contribution >= 4 is 17.0 Å². The number of benzene rings is 3. The van der Waals surface area contributed by atoms with Gasteiger partial charge < -0.3 is 18.3 Å². The van der Waals surface area contributed by atoms with E-state index in [0.717, 1.165) is 22.3 Å². The van der Waals surface area contributed by atoms with Crippen LogP contribution in [-0.2, 0) is 17.9 Å². The van der Waals surface area contributed by atoms with Gasteiger partial charge in [-0.1, -0.05) is 59.8 Å². The van der Waals surface area contributed by atoms with E-state index in [1.807, 2.05) is 48.5 Å². The van der Waals surface area contributed by atoms with E-state index < -0.39 is 17.5 Å². The number of aromatic amines is 1. The molecule has 3 heterocycles. The lowest BCUT2D eigenvalue weighted by atomic mass is 9.98. The van der Waals surface area contributed by atoms with Crippen LogP contribution in [0, 0.1) is 6.92 Å². The van der Waals surface area contributed by atoms with Crippen LogP contribution in [0.2, 0.25) is 0 Å². The molecule has 0 radical (unpaired) electrons. The van der Waals surface area contributed by atoms with E-state index in [9.17, 15) is 14.4 Å². The van der Waals surface area contributed by atoms with Crippen LogP contribution in [0.5, 0.6) is 6.01 Å². The van der Waals surface area contributed by atoms with Gasteiger partial charge in [-0.05, 0) is 35.7 Å². The van der Waals surface area contributed by atoms with Gasteiger partial charge in [0, 0.05) is 5.56 Å². The molecule has 0 atom stereocenters. The first-order chi connectivity index (χ1) is 19.9. The zero-order valence-corrected chi connectivity index (χ0v) is 21.9. The summed E-state index contributed by atoms with van der Waals surface area (Å²) in [5.74, 6) is -1.39. The first-order valence-corrected chi connectivity index (χ1v) is 12.5. The average molecular weight is 555 g/mol. The van der Waals surface area contributed by atoms with Crippen molar-refractivity contribution in [2.75, 3.05) is 7.11 Å². The number of nitrogens with one attached hydrogen (secondary N) is 1. The van der Waals surface area contributed by atoms with Crippen molar-refractivity contribution in [3.8, 4) is 28.5 Å². The van der Waals surface area contributed by atoms with Gasteiger partial charge in [-0.2, -0.15) is 4.98 Å². The van der Waals surface area contributed by atoms with Crippen LogP contribution in [0.1, 0.15) is 27.4 Å². The number of rotatable bonds is 8. The van der Waals surface area contributed by atoms with Crippen molar-refractivity contribution in [2.24, 2.45) is 0 Å². The number of hydrogen-bond donors (Lipinski definition) is 1. The highest BCUT2D eigenvalue weighted by Crippen LogP contribution is 2.31. The molecule has 3 aromatic carbocycles. The van der Waals surface area contributed by atoms with Crippen LogP contribution in [-0.4, -0.2) is 32.8 Å². The normalized spacial score (nSPS) is 11.2. The van der Waals surface area contributed by atoms with Gasteiger partial charge >= 0.3 is 17.5 Å². The molecule has 1 N–H and O–H groups in total. The molecular weight excluding hydrogens is 532 g/mol. The summed E-state index contributed by atoms with van der Waals surface area (Å²) in [6.45, 7) is 1.63. The van der Waals surface area contributed by atoms with E-state index in [4.69, 9.17) is 18.3 Å². The Hall–Kier alpha value is -5.65. The minimum Gasteiger partial charge on any atom is -0.468 e. The van der Waals surface area contributed by atoms with Crippen LogP contribution in [0.4, 0.5) is 0 Å². The number of carbonyl (C=O) groups is 1. The maximum Gasteiger partial charge on any atom is 0.519 e. The lowest BCUT2D eigenvalue weighted by Crippen LogP contribution is -2.10. The highest BCUT2D eigenvalue weighted by Gasteiger charge is 2.21. The molecule has 3 aromatic heterocycles. The molecule has 12 heteroatoms. The van der Waals surface area contributed by atoms with E-state index >= 15 is 0 Å². The first kappa shape index (κ1) is 25.6. The lowest BCUT2D eigenvalue weighted by Gasteiger charge is -2.12. The van der Waals surface area contributed by atoms with Gasteiger partial charge in [-0.3, -0.25) is 14.1 Å². The van der Waals surface area contributed by atoms with Crippen LogP contribution < -0.4 is 16.3 Å². The summed E-state index contributed by atoms with van der Waals surface area (Å²) in [5.41, 5.74) is 4.76. The quantitative estimate of drug-likeness (QED) is 0.269. The summed E-state index contributed by atoms with van der Waals surface area (Å²) in [6, 6.07) is 20.8. The fourth-order valence-electron chi connectivity index (χ4n) is 4.61. The second kappa shape index (κ2) is 10.5. The van der Waals surface area contributed by atoms with Crippen molar-refractivity contribution < 1.29 is 27.6 Å². The minimum absolute atomic E-state index is 0.137. The number of esters is 1. The van der Waals surface area contributed by atoms with E-state index in [1.165, 1.54) is 7.11 Å². The van der Waals surface area contributed by atoms with Crippen molar-refractivity contribution in [3.63, 3.8) is 0 Å². The van der Waals surface area contributed by atoms with Crippen molar-refractivity contribution in [3.05, 3.63) is 111 Å². The largest absolute Gasteiger partial charge is 0.519 e. The molecule has 0 aliphatic heterocycles. The maximum atomic E-state index is 13.1. The number of H-pyrrole nitrogens is 1. The van der Waals surface area contributed by atoms with E-state index in [2.05, 4.69) is 19.6 Å². The monoisotopic (exact) mass is 554 g/mol. The van der Waals surface area contributed by atoms with Gasteiger partial charge in [0.25, 0.3) is 6.01 Å². The molecule has 0 aliphatic rings. The molecule has 41 heavy (non-hydrogen) atoms. The number of imidazole rings is 1. The van der Waals surface area contributed by atoms with Gasteiger partial charge in [0.05, 0.1) is 30.3 Å². The van der Waals surface area contributed by atoms with Crippen LogP contribution in [0.3, 0.4) is 0 Å². The summed E-state index contributed by atoms with van der Waals surface area (Å²) in [5, 5.41) is 3.82. The molecule has 206 valence electrons. The smallest absolute Gasteiger partial charge is 0.468 e. The third-order valence-corrected chi connectivity index (χ3v) is 6.53. The first-order valence-electron chi connectivity index (χ1n) is 12.5. The second-order valence-electron chi connectivity index (χ2n) is 9.05. The molecule has 0 bridgehead atoms. The molecule has 0 saturated carbocycles. The molecule has 0 amide bonds. The van der Waals surface area contributed by atoms with E-state index in [0.29, 0.717) is 29.4 Å². The van der Waals surface area contributed by atoms with E-state index in [-0.39, 0.29) is 23.7 Å². The standard InChI is InChI=1S/C29H22N4O8/c1-16-23(40-29(36)39-16)15-38-26(34)21-8-5-9-22-24(21)33(27(30-22)37-2)14-17-10-12-18(13-11-17)19-6-3-4-7-20(19)25-31-28(35)41-32-25/h3-13H,14-15H2,1-2H3,(H,31,32,35). The molecule has 0 unspecified atom stereocenters. The number of para-hydroxylation sites is 1. The zero-order valence-electron chi connectivity index (χ0n) is 21.9. The van der Waals surface area contributed by atoms with Crippen molar-refractivity contribution in [1.82, 2.24) is 19.7 Å². The summed E-state index contributed by atoms with van der Waals surface area (Å²) in [7, 11) is 1.51. The molecule has 6 rings (SSSR count). The zero-order chi connectivity index (χ0) is 28.5. The van der Waals surface area contributed by atoms with E-state index in [1.54, 1.807) is 29.7 Å². The Labute approximate surface area is 230 Å². The summed E-state index contributed by atoms with van der Waals surface area (Å²) in [6.07, 6.45) is 0. The highest BCUT2D eigenvalue weighted by molar-refractivity contribution is 6.02. The number of ether oxygens (including phenoxy) is 2. The van der Waals surface area contributed by atoms with Gasteiger partial charge in [0.1, 0.15) is 0 Å². The molecule has 0 aliphatic carbocycles. The van der Waals surface area contributed by atoms with Crippen LogP contribution in [0.25, 0.3) is 33.5 Å². The Morgan fingerprint density at radius 2 is 1.76 bits per heavy atom. The number of aromatic nitrogens is 4. The van der Waals surface area contributed by atoms with Crippen molar-refractivity contribution in [2.45, 2.75) is 20.1 Å². The molecular formula is C29H22N4O8. The van der Waals surface area contributed by atoms with Gasteiger partial charge in [0.15, 0.2) is 24.0 Å². The SMILES string of the molecule is COc1nc2cccc(C(=O)OCc3oc(=O)oc3C)c2n1Cc1ccc(-c2ccccc2-c2noc(=O)[nH]2)cc1. The highest BCUT2D eigenvalue weighted by atomic mass is 16.6. The van der Waals surface area contributed by atoms with Gasteiger partial charge in [-0.15, -0.1) is 0 Å². The Bertz CT molecular complexity index is 1990. The maximum absolute atomic E-state index is 13.1. The summed E-state index contributed by atoms with van der Waals surface area (Å²) >= 11 is 0. The average Bonchev–Trinajstić information content (AvgIpc) is 3.67. The fourth-order valence-corrected chi connectivity index (χ4v) is 4.61. The second-order valence-corrected chi connectivity index (χ2v) is 9.05.